The van der Waals surface area contributed by atoms with Crippen molar-refractivity contribution in [3.8, 4) is 11.8 Å². The van der Waals surface area contributed by atoms with Crippen LogP contribution in [0, 0.1) is 11.3 Å². The first-order valence-electron chi connectivity index (χ1n) is 10.9. The summed E-state index contributed by atoms with van der Waals surface area (Å²) in [5.74, 6) is 1.16. The first-order chi connectivity index (χ1) is 14.9. The molecule has 1 heterocycles. The van der Waals surface area contributed by atoms with Crippen LogP contribution in [0.25, 0.3) is 5.69 Å². The van der Waals surface area contributed by atoms with E-state index in [9.17, 15) is 5.26 Å². The fourth-order valence-electron chi connectivity index (χ4n) is 3.64. The van der Waals surface area contributed by atoms with E-state index in [0.717, 1.165) is 43.4 Å². The molecule has 1 aromatic heterocycles. The van der Waals surface area contributed by atoms with Crippen LogP contribution >= 0.6 is 0 Å². The molecule has 0 fully saturated rings. The number of aliphatic imine (C=N–C) groups is 1. The molecule has 0 saturated heterocycles. The molecular weight excluding hydrogens is 388 g/mol. The Balaban J connectivity index is 1.86. The van der Waals surface area contributed by atoms with Crippen LogP contribution in [0.4, 0.5) is 5.82 Å². The molecule has 0 amide bonds. The quantitative estimate of drug-likeness (QED) is 0.307. The normalized spacial score (nSPS) is 11.9. The summed E-state index contributed by atoms with van der Waals surface area (Å²) in [6.45, 7) is 11.4. The number of aryl methyl sites for hydroxylation is 1. The average molecular weight is 425 g/mol. The van der Waals surface area contributed by atoms with Gasteiger partial charge in [0.05, 0.1) is 11.4 Å². The molecule has 31 heavy (non-hydrogen) atoms. The van der Waals surface area contributed by atoms with Gasteiger partial charge in [0.25, 0.3) is 0 Å². The summed E-state index contributed by atoms with van der Waals surface area (Å²) in [5, 5.41) is 20.8. The Bertz CT molecular complexity index is 869. The lowest BCUT2D eigenvalue weighted by Crippen LogP contribution is -2.45. The minimum atomic E-state index is 0.383. The third-order valence-corrected chi connectivity index (χ3v) is 5.20. The molecule has 8 nitrogen and oxygen atoms in total. The lowest BCUT2D eigenvalue weighted by molar-refractivity contribution is 0.178. The Hall–Kier alpha value is -3.05. The summed E-state index contributed by atoms with van der Waals surface area (Å²) in [7, 11) is 1.77. The van der Waals surface area contributed by atoms with Crippen molar-refractivity contribution < 1.29 is 0 Å². The molecule has 0 aliphatic heterocycles. The van der Waals surface area contributed by atoms with Crippen LogP contribution in [0.3, 0.4) is 0 Å². The summed E-state index contributed by atoms with van der Waals surface area (Å²) < 4.78 is 1.64. The van der Waals surface area contributed by atoms with E-state index in [1.807, 2.05) is 30.3 Å². The molecule has 4 N–H and O–H groups in total. The largest absolute Gasteiger partial charge is 0.382 e. The lowest BCUT2D eigenvalue weighted by atomic mass is 10.1. The topological polar surface area (TPSA) is 107 Å². The van der Waals surface area contributed by atoms with Crippen LogP contribution in [-0.4, -0.2) is 59.4 Å². The predicted molar refractivity (Wildman–Crippen MR) is 127 cm³/mol. The van der Waals surface area contributed by atoms with Crippen molar-refractivity contribution >= 4 is 11.8 Å². The molecule has 0 bridgehead atoms. The number of aromatic nitrogens is 2. The maximum Gasteiger partial charge on any atom is 0.191 e. The van der Waals surface area contributed by atoms with E-state index in [0.29, 0.717) is 29.9 Å². The second kappa shape index (κ2) is 12.0. The molecule has 0 aliphatic carbocycles. The molecule has 0 atom stereocenters. The highest BCUT2D eigenvalue weighted by molar-refractivity contribution is 5.79. The van der Waals surface area contributed by atoms with Gasteiger partial charge >= 0.3 is 0 Å². The monoisotopic (exact) mass is 424 g/mol. The van der Waals surface area contributed by atoms with Gasteiger partial charge in [0.1, 0.15) is 17.5 Å². The smallest absolute Gasteiger partial charge is 0.191 e. The molecule has 1 aromatic carbocycles. The Labute approximate surface area is 186 Å². The third-order valence-electron chi connectivity index (χ3n) is 5.20. The molecule has 2 rings (SSSR count). The Morgan fingerprint density at radius 2 is 1.81 bits per heavy atom. The Kier molecular flexibility index (Phi) is 9.35. The highest BCUT2D eigenvalue weighted by Gasteiger charge is 2.16. The summed E-state index contributed by atoms with van der Waals surface area (Å²) >= 11 is 0. The zero-order valence-corrected chi connectivity index (χ0v) is 19.4. The number of para-hydroxylation sites is 1. The number of rotatable bonds is 10. The number of guanidine groups is 1. The van der Waals surface area contributed by atoms with Gasteiger partial charge in [-0.15, -0.1) is 0 Å². The number of nitrogen functional groups attached to an aromatic ring is 1. The maximum absolute atomic E-state index is 9.53. The molecule has 0 unspecified atom stereocenters. The van der Waals surface area contributed by atoms with E-state index in [1.165, 1.54) is 0 Å². The molecule has 8 heteroatoms. The van der Waals surface area contributed by atoms with Gasteiger partial charge in [-0.1, -0.05) is 18.2 Å². The first-order valence-corrected chi connectivity index (χ1v) is 10.9. The summed E-state index contributed by atoms with van der Waals surface area (Å²) in [6, 6.07) is 12.8. The van der Waals surface area contributed by atoms with Crippen molar-refractivity contribution in [3.05, 3.63) is 41.6 Å². The van der Waals surface area contributed by atoms with Crippen molar-refractivity contribution in [2.24, 2.45) is 4.99 Å². The highest BCUT2D eigenvalue weighted by atomic mass is 15.3. The minimum absolute atomic E-state index is 0.383. The van der Waals surface area contributed by atoms with Crippen LogP contribution in [-0.2, 0) is 6.42 Å². The van der Waals surface area contributed by atoms with Crippen LogP contribution < -0.4 is 16.4 Å². The number of hydrogen-bond acceptors (Lipinski definition) is 5. The molecule has 0 saturated carbocycles. The average Bonchev–Trinajstić information content (AvgIpc) is 3.07. The van der Waals surface area contributed by atoms with Crippen LogP contribution in [0.15, 0.2) is 35.3 Å². The van der Waals surface area contributed by atoms with Crippen LogP contribution in [0.2, 0.25) is 0 Å². The lowest BCUT2D eigenvalue weighted by Gasteiger charge is -2.30. The Morgan fingerprint density at radius 3 is 2.39 bits per heavy atom. The Morgan fingerprint density at radius 1 is 1.16 bits per heavy atom. The number of nitrogens with zero attached hydrogens (tertiary/aromatic N) is 5. The van der Waals surface area contributed by atoms with Gasteiger partial charge in [0.15, 0.2) is 5.96 Å². The van der Waals surface area contributed by atoms with Gasteiger partial charge in [-0.3, -0.25) is 9.89 Å². The number of nitriles is 1. The fraction of sp³-hybridized carbons (Fsp3) is 0.522. The zero-order valence-electron chi connectivity index (χ0n) is 19.4. The van der Waals surface area contributed by atoms with Crippen molar-refractivity contribution in [1.29, 1.82) is 5.26 Å². The molecule has 0 aliphatic rings. The van der Waals surface area contributed by atoms with E-state index in [4.69, 9.17) is 5.73 Å². The number of hydrogen-bond donors (Lipinski definition) is 3. The van der Waals surface area contributed by atoms with E-state index in [-0.39, 0.29) is 0 Å². The van der Waals surface area contributed by atoms with Gasteiger partial charge in [0, 0.05) is 38.8 Å². The summed E-state index contributed by atoms with van der Waals surface area (Å²) in [5.41, 5.74) is 8.19. The van der Waals surface area contributed by atoms with Crippen LogP contribution in [0.1, 0.15) is 45.4 Å². The summed E-state index contributed by atoms with van der Waals surface area (Å²) in [4.78, 5) is 6.74. The number of nitrogens with two attached hydrogens (primary N) is 1. The van der Waals surface area contributed by atoms with E-state index in [1.54, 1.807) is 11.7 Å². The van der Waals surface area contributed by atoms with Gasteiger partial charge in [-0.05, 0) is 52.7 Å². The van der Waals surface area contributed by atoms with Gasteiger partial charge in [0.2, 0.25) is 0 Å². The highest BCUT2D eigenvalue weighted by Crippen LogP contribution is 2.21. The zero-order chi connectivity index (χ0) is 22.8. The van der Waals surface area contributed by atoms with Crippen molar-refractivity contribution in [2.45, 2.75) is 52.6 Å². The fourth-order valence-corrected chi connectivity index (χ4v) is 3.64. The van der Waals surface area contributed by atoms with Crippen molar-refractivity contribution in [3.63, 3.8) is 0 Å². The third kappa shape index (κ3) is 6.72. The van der Waals surface area contributed by atoms with Gasteiger partial charge in [-0.25, -0.2) is 4.68 Å². The molecule has 0 radical (unpaired) electrons. The SMILES string of the molecule is CN=C(NCCCc1nn(-c2ccccc2)c(N)c1C#N)NCCN(C(C)C)C(C)C. The van der Waals surface area contributed by atoms with Crippen molar-refractivity contribution in [2.75, 3.05) is 32.4 Å². The number of anilines is 1. The predicted octanol–water partition coefficient (Wildman–Crippen LogP) is 2.54. The molecule has 2 aromatic rings. The van der Waals surface area contributed by atoms with Gasteiger partial charge < -0.3 is 16.4 Å². The van der Waals surface area contributed by atoms with E-state index >= 15 is 0 Å². The van der Waals surface area contributed by atoms with E-state index < -0.39 is 0 Å². The second-order valence-corrected chi connectivity index (χ2v) is 8.02. The molecule has 168 valence electrons. The summed E-state index contributed by atoms with van der Waals surface area (Å²) in [6.07, 6.45) is 1.47. The molecule has 0 spiro atoms. The number of benzene rings is 1. The van der Waals surface area contributed by atoms with Gasteiger partial charge in [-0.2, -0.15) is 10.4 Å². The van der Waals surface area contributed by atoms with E-state index in [2.05, 4.69) is 59.4 Å². The first kappa shape index (κ1) is 24.2. The van der Waals surface area contributed by atoms with Crippen LogP contribution in [0.5, 0.6) is 0 Å². The van der Waals surface area contributed by atoms with Crippen molar-refractivity contribution in [1.82, 2.24) is 25.3 Å². The number of nitrogens with one attached hydrogen (secondary N) is 2. The molecular formula is C23H36N8. The standard InChI is InChI=1S/C23H36N8/c1-17(2)30(18(3)4)15-14-28-23(26-5)27-13-9-12-21-20(16-24)22(25)31(29-21)19-10-7-6-8-11-19/h6-8,10-11,17-18H,9,12-15,25H2,1-5H3,(H2,26,27,28). The second-order valence-electron chi connectivity index (χ2n) is 8.02. The maximum atomic E-state index is 9.53. The minimum Gasteiger partial charge on any atom is -0.382 e.